The highest BCUT2D eigenvalue weighted by Crippen LogP contribution is 2.33. The predicted octanol–water partition coefficient (Wildman–Crippen LogP) is 7.19. The molecule has 0 unspecified atom stereocenters. The molecule has 2 heterocycles. The first-order valence-electron chi connectivity index (χ1n) is 10.8. The van der Waals surface area contributed by atoms with Crippen LogP contribution in [0, 0.1) is 6.92 Å². The molecule has 0 aliphatic carbocycles. The first-order valence-corrected chi connectivity index (χ1v) is 10.8. The third-order valence-electron chi connectivity index (χ3n) is 5.83. The first-order chi connectivity index (χ1) is 16.1. The summed E-state index contributed by atoms with van der Waals surface area (Å²) in [4.78, 5) is 21.0. The number of carbonyl (C=O) groups excluding carboxylic acids is 1. The lowest BCUT2D eigenvalue weighted by atomic mass is 9.80. The van der Waals surface area contributed by atoms with E-state index in [4.69, 9.17) is 4.98 Å². The average molecular weight is 460 g/mol. The Bertz CT molecular complexity index is 1350. The molecule has 6 heteroatoms. The van der Waals surface area contributed by atoms with Gasteiger partial charge in [0, 0.05) is 28.3 Å². The third kappa shape index (κ3) is 4.76. The number of halogens is 3. The minimum absolute atomic E-state index is 0.335. The van der Waals surface area contributed by atoms with E-state index in [1.807, 2.05) is 48.5 Å². The number of benzene rings is 2. The Morgan fingerprint density at radius 2 is 1.50 bits per heavy atom. The van der Waals surface area contributed by atoms with Gasteiger partial charge >= 0.3 is 6.18 Å². The molecule has 4 aromatic rings. The Morgan fingerprint density at radius 3 is 2.18 bits per heavy atom. The Hall–Kier alpha value is -3.80. The molecule has 0 fully saturated rings. The fourth-order valence-corrected chi connectivity index (χ4v) is 3.93. The second-order valence-electron chi connectivity index (χ2n) is 8.74. The van der Waals surface area contributed by atoms with E-state index in [0.717, 1.165) is 16.8 Å². The Labute approximate surface area is 196 Å². The molecule has 2 aromatic carbocycles. The lowest BCUT2D eigenvalue weighted by Gasteiger charge is -2.25. The van der Waals surface area contributed by atoms with Crippen LogP contribution in [0.4, 0.5) is 13.2 Å². The van der Waals surface area contributed by atoms with Crippen LogP contribution in [0.3, 0.4) is 0 Å². The van der Waals surface area contributed by atoms with Crippen molar-refractivity contribution >= 4 is 5.78 Å². The number of hydrogen-bond donors (Lipinski definition) is 0. The Balaban J connectivity index is 1.73. The monoisotopic (exact) mass is 460 g/mol. The number of carbonyl (C=O) groups is 1. The summed E-state index contributed by atoms with van der Waals surface area (Å²) in [6, 6.07) is 23.4. The van der Waals surface area contributed by atoms with Crippen molar-refractivity contribution < 1.29 is 18.0 Å². The molecular weight excluding hydrogens is 437 g/mol. The maximum atomic E-state index is 13.0. The van der Waals surface area contributed by atoms with E-state index in [1.54, 1.807) is 25.3 Å². The van der Waals surface area contributed by atoms with Crippen molar-refractivity contribution in [3.63, 3.8) is 0 Å². The molecule has 34 heavy (non-hydrogen) atoms. The molecule has 0 amide bonds. The molecule has 0 radical (unpaired) electrons. The van der Waals surface area contributed by atoms with Crippen molar-refractivity contribution in [2.24, 2.45) is 0 Å². The SMILES string of the molecule is Cc1cc(C(=O)C(F)(F)F)cc(-c2cccc(-c3cccc(C(C)(C)c4ccccn4)c3)n2)c1. The second-order valence-corrected chi connectivity index (χ2v) is 8.74. The van der Waals surface area contributed by atoms with E-state index in [0.29, 0.717) is 22.5 Å². The summed E-state index contributed by atoms with van der Waals surface area (Å²) in [5.41, 5.74) is 4.33. The average Bonchev–Trinajstić information content (AvgIpc) is 2.83. The number of pyridine rings is 2. The van der Waals surface area contributed by atoms with E-state index in [-0.39, 0.29) is 5.41 Å². The van der Waals surface area contributed by atoms with Gasteiger partial charge in [-0.1, -0.05) is 44.2 Å². The largest absolute Gasteiger partial charge is 0.454 e. The molecule has 4 rings (SSSR count). The molecule has 0 spiro atoms. The zero-order valence-electron chi connectivity index (χ0n) is 19.0. The molecule has 2 aromatic heterocycles. The molecule has 0 bridgehead atoms. The smallest absolute Gasteiger partial charge is 0.284 e. The fraction of sp³-hybridized carbons (Fsp3) is 0.179. The molecule has 0 saturated heterocycles. The van der Waals surface area contributed by atoms with Crippen LogP contribution in [-0.2, 0) is 5.41 Å². The molecule has 0 aliphatic rings. The van der Waals surface area contributed by atoms with Gasteiger partial charge in [-0.05, 0) is 66.6 Å². The van der Waals surface area contributed by atoms with Crippen LogP contribution in [0.15, 0.2) is 85.1 Å². The van der Waals surface area contributed by atoms with E-state index in [1.165, 1.54) is 12.1 Å². The van der Waals surface area contributed by atoms with Crippen LogP contribution >= 0.6 is 0 Å². The third-order valence-corrected chi connectivity index (χ3v) is 5.83. The van der Waals surface area contributed by atoms with E-state index < -0.39 is 17.5 Å². The van der Waals surface area contributed by atoms with Crippen molar-refractivity contribution in [2.75, 3.05) is 0 Å². The molecule has 3 nitrogen and oxygen atoms in total. The molecule has 0 N–H and O–H groups in total. The number of aryl methyl sites for hydroxylation is 1. The molecule has 0 aliphatic heterocycles. The summed E-state index contributed by atoms with van der Waals surface area (Å²) in [6.45, 7) is 5.86. The number of aromatic nitrogens is 2. The first kappa shape index (κ1) is 23.4. The predicted molar refractivity (Wildman–Crippen MR) is 127 cm³/mol. The molecule has 0 atom stereocenters. The van der Waals surface area contributed by atoms with Gasteiger partial charge < -0.3 is 0 Å². The minimum atomic E-state index is -4.93. The normalized spacial score (nSPS) is 11.9. The van der Waals surface area contributed by atoms with Crippen molar-refractivity contribution in [2.45, 2.75) is 32.4 Å². The summed E-state index contributed by atoms with van der Waals surface area (Å²) in [6.07, 6.45) is -3.16. The van der Waals surface area contributed by atoms with Crippen LogP contribution in [0.1, 0.15) is 41.0 Å². The van der Waals surface area contributed by atoms with Crippen molar-refractivity contribution in [3.05, 3.63) is 107 Å². The summed E-state index contributed by atoms with van der Waals surface area (Å²) in [5.74, 6) is -1.86. The zero-order chi connectivity index (χ0) is 24.5. The highest BCUT2D eigenvalue weighted by Gasteiger charge is 2.39. The highest BCUT2D eigenvalue weighted by atomic mass is 19.4. The number of rotatable bonds is 5. The lowest BCUT2D eigenvalue weighted by molar-refractivity contribution is -0.0885. The molecule has 0 saturated carbocycles. The number of nitrogens with zero attached hydrogens (tertiary/aromatic N) is 2. The number of ketones is 1. The van der Waals surface area contributed by atoms with Crippen LogP contribution in [0.2, 0.25) is 0 Å². The van der Waals surface area contributed by atoms with Gasteiger partial charge in [-0.3, -0.25) is 9.78 Å². The summed E-state index contributed by atoms with van der Waals surface area (Å²) in [7, 11) is 0. The van der Waals surface area contributed by atoms with E-state index in [9.17, 15) is 18.0 Å². The molecule has 172 valence electrons. The standard InChI is InChI=1S/C28H23F3N2O/c1-18-14-20(16-21(15-18)26(34)28(29,30)31)24-11-7-10-23(33-24)19-8-6-9-22(17-19)27(2,3)25-12-4-5-13-32-25/h4-17H,1-3H3. The summed E-state index contributed by atoms with van der Waals surface area (Å²) >= 11 is 0. The van der Waals surface area contributed by atoms with E-state index >= 15 is 0 Å². The van der Waals surface area contributed by atoms with Gasteiger partial charge in [-0.15, -0.1) is 0 Å². The van der Waals surface area contributed by atoms with Gasteiger partial charge in [-0.2, -0.15) is 13.2 Å². The Kier molecular flexibility index (Phi) is 6.09. The number of alkyl halides is 3. The fourth-order valence-electron chi connectivity index (χ4n) is 3.93. The quantitative estimate of drug-likeness (QED) is 0.296. The maximum absolute atomic E-state index is 13.0. The van der Waals surface area contributed by atoms with Gasteiger partial charge in [0.2, 0.25) is 0 Å². The zero-order valence-corrected chi connectivity index (χ0v) is 19.0. The van der Waals surface area contributed by atoms with Crippen molar-refractivity contribution in [3.8, 4) is 22.5 Å². The van der Waals surface area contributed by atoms with Gasteiger partial charge in [0.05, 0.1) is 17.1 Å². The summed E-state index contributed by atoms with van der Waals surface area (Å²) in [5, 5.41) is 0. The molecular formula is C28H23F3N2O. The minimum Gasteiger partial charge on any atom is -0.284 e. The Morgan fingerprint density at radius 1 is 0.794 bits per heavy atom. The van der Waals surface area contributed by atoms with Gasteiger partial charge in [0.25, 0.3) is 5.78 Å². The van der Waals surface area contributed by atoms with Crippen molar-refractivity contribution in [1.82, 2.24) is 9.97 Å². The number of hydrogen-bond acceptors (Lipinski definition) is 3. The number of Topliss-reactive ketones (excluding diaryl/α,β-unsaturated/α-hetero) is 1. The maximum Gasteiger partial charge on any atom is 0.454 e. The highest BCUT2D eigenvalue weighted by molar-refractivity contribution is 6.01. The van der Waals surface area contributed by atoms with Gasteiger partial charge in [0.15, 0.2) is 0 Å². The van der Waals surface area contributed by atoms with E-state index in [2.05, 4.69) is 24.9 Å². The van der Waals surface area contributed by atoms with Gasteiger partial charge in [0.1, 0.15) is 0 Å². The van der Waals surface area contributed by atoms with Crippen LogP contribution < -0.4 is 0 Å². The van der Waals surface area contributed by atoms with Crippen LogP contribution in [-0.4, -0.2) is 21.9 Å². The van der Waals surface area contributed by atoms with Crippen LogP contribution in [0.25, 0.3) is 22.5 Å². The topological polar surface area (TPSA) is 42.9 Å². The van der Waals surface area contributed by atoms with Crippen LogP contribution in [0.5, 0.6) is 0 Å². The lowest BCUT2D eigenvalue weighted by Crippen LogP contribution is -2.22. The van der Waals surface area contributed by atoms with Gasteiger partial charge in [-0.25, -0.2) is 4.98 Å². The second kappa shape index (κ2) is 8.86. The van der Waals surface area contributed by atoms with Crippen molar-refractivity contribution in [1.29, 1.82) is 0 Å². The summed E-state index contributed by atoms with van der Waals surface area (Å²) < 4.78 is 38.9.